The largest absolute Gasteiger partial charge is 0.466 e. The molecule has 0 aromatic heterocycles. The van der Waals surface area contributed by atoms with Crippen LogP contribution >= 0.6 is 15.9 Å². The monoisotopic (exact) mass is 330 g/mol. The van der Waals surface area contributed by atoms with Gasteiger partial charge in [-0.1, -0.05) is 6.07 Å². The van der Waals surface area contributed by atoms with Crippen LogP contribution in [0.4, 0.5) is 4.39 Å². The maximum atomic E-state index is 13.0. The van der Waals surface area contributed by atoms with E-state index in [1.807, 2.05) is 0 Å². The lowest BCUT2D eigenvalue weighted by Crippen LogP contribution is -2.08. The molecule has 1 aromatic carbocycles. The minimum absolute atomic E-state index is 0.00787. The van der Waals surface area contributed by atoms with Gasteiger partial charge in [-0.2, -0.15) is 0 Å². The van der Waals surface area contributed by atoms with E-state index >= 15 is 0 Å². The number of carbonyl (C=O) groups is 2. The van der Waals surface area contributed by atoms with Crippen molar-refractivity contribution < 1.29 is 18.7 Å². The van der Waals surface area contributed by atoms with Crippen LogP contribution in [-0.4, -0.2) is 18.4 Å². The van der Waals surface area contributed by atoms with Gasteiger partial charge in [0, 0.05) is 12.8 Å². The third kappa shape index (κ3) is 5.96. The van der Waals surface area contributed by atoms with Crippen LogP contribution < -0.4 is 0 Å². The predicted molar refractivity (Wildman–Crippen MR) is 73.3 cm³/mol. The molecule has 0 unspecified atom stereocenters. The first-order valence-corrected chi connectivity index (χ1v) is 6.93. The zero-order chi connectivity index (χ0) is 14.3. The molecule has 3 nitrogen and oxygen atoms in total. The molecule has 0 bridgehead atoms. The summed E-state index contributed by atoms with van der Waals surface area (Å²) in [5, 5.41) is 0. The minimum atomic E-state index is -0.347. The first-order valence-electron chi connectivity index (χ1n) is 6.14. The molecule has 0 saturated carbocycles. The van der Waals surface area contributed by atoms with Crippen LogP contribution in [0.2, 0.25) is 0 Å². The van der Waals surface area contributed by atoms with Crippen molar-refractivity contribution in [2.24, 2.45) is 0 Å². The summed E-state index contributed by atoms with van der Waals surface area (Å²) in [6, 6.07) is 4.68. The van der Waals surface area contributed by atoms with Gasteiger partial charge >= 0.3 is 5.97 Å². The highest BCUT2D eigenvalue weighted by Crippen LogP contribution is 2.18. The van der Waals surface area contributed by atoms with Gasteiger partial charge in [-0.05, 0) is 47.0 Å². The Morgan fingerprint density at radius 3 is 2.63 bits per heavy atom. The summed E-state index contributed by atoms with van der Waals surface area (Å²) in [7, 11) is 0. The van der Waals surface area contributed by atoms with Crippen molar-refractivity contribution >= 4 is 27.7 Å². The average molecular weight is 331 g/mol. The number of hydrogen-bond acceptors (Lipinski definition) is 3. The Hall–Kier alpha value is -1.23. The SMILES string of the molecule is CCOC(=O)CCC(=O)CCc1ccc(F)c(Br)c1. The van der Waals surface area contributed by atoms with Crippen molar-refractivity contribution in [1.82, 2.24) is 0 Å². The van der Waals surface area contributed by atoms with Gasteiger partial charge in [0.15, 0.2) is 0 Å². The molecule has 0 amide bonds. The maximum Gasteiger partial charge on any atom is 0.306 e. The van der Waals surface area contributed by atoms with Crippen LogP contribution in [0, 0.1) is 5.82 Å². The molecule has 19 heavy (non-hydrogen) atoms. The molecule has 0 saturated heterocycles. The van der Waals surface area contributed by atoms with Crippen LogP contribution in [-0.2, 0) is 20.7 Å². The van der Waals surface area contributed by atoms with Gasteiger partial charge in [-0.15, -0.1) is 0 Å². The van der Waals surface area contributed by atoms with Gasteiger partial charge in [-0.25, -0.2) is 4.39 Å². The number of Topliss-reactive ketones (excluding diaryl/α,β-unsaturated/α-hetero) is 1. The smallest absolute Gasteiger partial charge is 0.306 e. The molecule has 0 aliphatic carbocycles. The quantitative estimate of drug-likeness (QED) is 0.719. The van der Waals surface area contributed by atoms with E-state index in [-0.39, 0.29) is 30.4 Å². The molecule has 0 radical (unpaired) electrons. The third-order valence-electron chi connectivity index (χ3n) is 2.59. The van der Waals surface area contributed by atoms with E-state index in [2.05, 4.69) is 15.9 Å². The van der Waals surface area contributed by atoms with Crippen molar-refractivity contribution in [3.63, 3.8) is 0 Å². The Bertz CT molecular complexity index is 460. The fraction of sp³-hybridized carbons (Fsp3) is 0.429. The molecule has 0 fully saturated rings. The highest BCUT2D eigenvalue weighted by molar-refractivity contribution is 9.10. The zero-order valence-corrected chi connectivity index (χ0v) is 12.3. The van der Waals surface area contributed by atoms with Gasteiger partial charge in [0.2, 0.25) is 0 Å². The summed E-state index contributed by atoms with van der Waals surface area (Å²) in [4.78, 5) is 22.7. The lowest BCUT2D eigenvalue weighted by atomic mass is 10.1. The highest BCUT2D eigenvalue weighted by Gasteiger charge is 2.08. The molecule has 0 aliphatic heterocycles. The summed E-state index contributed by atoms with van der Waals surface area (Å²) in [5.74, 6) is -0.661. The maximum absolute atomic E-state index is 13.0. The van der Waals surface area contributed by atoms with Crippen LogP contribution in [0.1, 0.15) is 31.7 Å². The molecule has 0 heterocycles. The molecule has 0 spiro atoms. The normalized spacial score (nSPS) is 10.3. The van der Waals surface area contributed by atoms with Gasteiger partial charge in [0.1, 0.15) is 11.6 Å². The number of esters is 1. The van der Waals surface area contributed by atoms with Gasteiger partial charge in [0.05, 0.1) is 17.5 Å². The fourth-order valence-corrected chi connectivity index (χ4v) is 2.00. The summed E-state index contributed by atoms with van der Waals surface area (Å²) in [6.45, 7) is 2.06. The number of hydrogen-bond donors (Lipinski definition) is 0. The van der Waals surface area contributed by atoms with E-state index in [4.69, 9.17) is 4.74 Å². The standard InChI is InChI=1S/C14H16BrFO3/c1-2-19-14(18)8-6-11(17)5-3-10-4-7-13(16)12(15)9-10/h4,7,9H,2-3,5-6,8H2,1H3. The number of halogens is 2. The number of benzene rings is 1. The Kier molecular flexibility index (Phi) is 6.70. The molecule has 1 rings (SSSR count). The van der Waals surface area contributed by atoms with Crippen LogP contribution in [0.3, 0.4) is 0 Å². The number of ketones is 1. The number of aryl methyl sites for hydroxylation is 1. The summed E-state index contributed by atoms with van der Waals surface area (Å²) in [6.07, 6.45) is 1.21. The highest BCUT2D eigenvalue weighted by atomic mass is 79.9. The number of rotatable bonds is 7. The minimum Gasteiger partial charge on any atom is -0.466 e. The topological polar surface area (TPSA) is 43.4 Å². The molecule has 0 aliphatic rings. The van der Waals surface area contributed by atoms with Crippen molar-refractivity contribution in [2.75, 3.05) is 6.61 Å². The Labute approximate surface area is 120 Å². The predicted octanol–water partition coefficient (Wildman–Crippen LogP) is 3.43. The lowest BCUT2D eigenvalue weighted by molar-refractivity contribution is -0.144. The third-order valence-corrected chi connectivity index (χ3v) is 3.20. The molecular formula is C14H16BrFO3. The van der Waals surface area contributed by atoms with E-state index in [0.29, 0.717) is 23.9 Å². The molecule has 0 N–H and O–H groups in total. The molecule has 5 heteroatoms. The first-order chi connectivity index (χ1) is 9.02. The number of carbonyl (C=O) groups excluding carboxylic acids is 2. The van der Waals surface area contributed by atoms with Crippen molar-refractivity contribution in [2.45, 2.75) is 32.6 Å². The van der Waals surface area contributed by atoms with Crippen molar-refractivity contribution in [3.05, 3.63) is 34.1 Å². The van der Waals surface area contributed by atoms with Gasteiger partial charge < -0.3 is 4.74 Å². The van der Waals surface area contributed by atoms with E-state index in [1.54, 1.807) is 19.1 Å². The summed E-state index contributed by atoms with van der Waals surface area (Å²) < 4.78 is 18.2. The Balaban J connectivity index is 2.33. The molecule has 1 aromatic rings. The number of ether oxygens (including phenoxy) is 1. The van der Waals surface area contributed by atoms with E-state index in [9.17, 15) is 14.0 Å². The second kappa shape index (κ2) is 8.04. The second-order valence-electron chi connectivity index (χ2n) is 4.09. The Morgan fingerprint density at radius 1 is 1.26 bits per heavy atom. The van der Waals surface area contributed by atoms with Crippen molar-refractivity contribution in [1.29, 1.82) is 0 Å². The fourth-order valence-electron chi connectivity index (χ4n) is 1.58. The average Bonchev–Trinajstić information content (AvgIpc) is 2.38. The summed E-state index contributed by atoms with van der Waals surface area (Å²) in [5.41, 5.74) is 0.887. The Morgan fingerprint density at radius 2 is 2.00 bits per heavy atom. The molecule has 0 atom stereocenters. The van der Waals surface area contributed by atoms with Gasteiger partial charge in [-0.3, -0.25) is 9.59 Å². The van der Waals surface area contributed by atoms with E-state index < -0.39 is 0 Å². The van der Waals surface area contributed by atoms with E-state index in [1.165, 1.54) is 6.07 Å². The summed E-state index contributed by atoms with van der Waals surface area (Å²) >= 11 is 3.10. The zero-order valence-electron chi connectivity index (χ0n) is 10.7. The van der Waals surface area contributed by atoms with Crippen LogP contribution in [0.15, 0.2) is 22.7 Å². The molecule has 104 valence electrons. The first kappa shape index (κ1) is 15.8. The lowest BCUT2D eigenvalue weighted by Gasteiger charge is -2.03. The second-order valence-corrected chi connectivity index (χ2v) is 4.95. The van der Waals surface area contributed by atoms with Gasteiger partial charge in [0.25, 0.3) is 0 Å². The van der Waals surface area contributed by atoms with Crippen LogP contribution in [0.25, 0.3) is 0 Å². The van der Waals surface area contributed by atoms with Crippen LogP contribution in [0.5, 0.6) is 0 Å². The molecular weight excluding hydrogens is 315 g/mol. The van der Waals surface area contributed by atoms with E-state index in [0.717, 1.165) is 5.56 Å². The van der Waals surface area contributed by atoms with Crippen molar-refractivity contribution in [3.8, 4) is 0 Å².